The van der Waals surface area contributed by atoms with E-state index in [0.29, 0.717) is 12.2 Å². The van der Waals surface area contributed by atoms with E-state index in [9.17, 15) is 19.5 Å². The number of aromatic nitrogens is 1. The lowest BCUT2D eigenvalue weighted by Gasteiger charge is -2.17. The number of carbonyl (C=O) groups is 2. The Bertz CT molecular complexity index is 622. The number of rotatable bonds is 9. The standard InChI is InChI=1S/C16H24N2O5/c1-3-4-7-18-11(2)8-14(20)16(22)13(18)10-23-15(21)6-5-12(19)9-17/h8,22H,3-7,9-10,17H2,1-2H3. The minimum Gasteiger partial charge on any atom is -0.503 e. The van der Waals surface area contributed by atoms with E-state index in [1.807, 2.05) is 6.92 Å². The quantitative estimate of drug-likeness (QED) is 0.656. The van der Waals surface area contributed by atoms with E-state index < -0.39 is 17.1 Å². The van der Waals surface area contributed by atoms with Crippen molar-refractivity contribution in [2.45, 2.75) is 52.7 Å². The van der Waals surface area contributed by atoms with Crippen molar-refractivity contribution in [2.75, 3.05) is 6.54 Å². The average Bonchev–Trinajstić information content (AvgIpc) is 2.53. The number of nitrogens with zero attached hydrogens (tertiary/aromatic N) is 1. The maximum absolute atomic E-state index is 11.7. The molecule has 3 N–H and O–H groups in total. The Hall–Kier alpha value is -2.15. The zero-order valence-corrected chi connectivity index (χ0v) is 13.6. The Labute approximate surface area is 135 Å². The van der Waals surface area contributed by atoms with Crippen LogP contribution in [0.2, 0.25) is 0 Å². The summed E-state index contributed by atoms with van der Waals surface area (Å²) in [7, 11) is 0. The molecule has 0 amide bonds. The second kappa shape index (κ2) is 9.09. The molecule has 1 heterocycles. The van der Waals surface area contributed by atoms with Gasteiger partial charge in [0.25, 0.3) is 0 Å². The van der Waals surface area contributed by atoms with Crippen molar-refractivity contribution in [1.29, 1.82) is 0 Å². The first-order valence-electron chi connectivity index (χ1n) is 7.70. The predicted octanol–water partition coefficient (Wildman–Crippen LogP) is 1.01. The van der Waals surface area contributed by atoms with Gasteiger partial charge in [-0.15, -0.1) is 0 Å². The molecule has 1 aromatic rings. The van der Waals surface area contributed by atoms with Crippen molar-refractivity contribution in [1.82, 2.24) is 4.57 Å². The molecule has 0 radical (unpaired) electrons. The number of unbranched alkanes of at least 4 members (excludes halogenated alkanes) is 1. The molecule has 0 aromatic carbocycles. The number of ketones is 1. The molecular weight excluding hydrogens is 300 g/mol. The number of esters is 1. The molecule has 0 spiro atoms. The van der Waals surface area contributed by atoms with E-state index >= 15 is 0 Å². The number of nitrogens with two attached hydrogens (primary N) is 1. The van der Waals surface area contributed by atoms with Crippen molar-refractivity contribution < 1.29 is 19.4 Å². The molecule has 0 unspecified atom stereocenters. The lowest BCUT2D eigenvalue weighted by Crippen LogP contribution is -2.19. The van der Waals surface area contributed by atoms with Crippen molar-refractivity contribution >= 4 is 11.8 Å². The first-order chi connectivity index (χ1) is 10.9. The van der Waals surface area contributed by atoms with E-state index in [4.69, 9.17) is 10.5 Å². The van der Waals surface area contributed by atoms with Crippen LogP contribution in [0.15, 0.2) is 10.9 Å². The fraction of sp³-hybridized carbons (Fsp3) is 0.562. The van der Waals surface area contributed by atoms with Crippen LogP contribution in [0.25, 0.3) is 0 Å². The topological polar surface area (TPSA) is 112 Å². The van der Waals surface area contributed by atoms with Crippen LogP contribution in [-0.2, 0) is 27.5 Å². The maximum Gasteiger partial charge on any atom is 0.306 e. The predicted molar refractivity (Wildman–Crippen MR) is 85.1 cm³/mol. The van der Waals surface area contributed by atoms with Gasteiger partial charge in [-0.1, -0.05) is 13.3 Å². The van der Waals surface area contributed by atoms with E-state index in [1.54, 1.807) is 11.5 Å². The monoisotopic (exact) mass is 324 g/mol. The molecule has 1 rings (SSSR count). The number of carbonyl (C=O) groups excluding carboxylic acids is 2. The second-order valence-corrected chi connectivity index (χ2v) is 5.35. The summed E-state index contributed by atoms with van der Waals surface area (Å²) in [5.41, 5.74) is 5.65. The van der Waals surface area contributed by atoms with E-state index in [0.717, 1.165) is 12.8 Å². The number of hydrogen-bond acceptors (Lipinski definition) is 6. The van der Waals surface area contributed by atoms with Gasteiger partial charge in [-0.05, 0) is 13.3 Å². The summed E-state index contributed by atoms with van der Waals surface area (Å²) >= 11 is 0. The molecule has 0 atom stereocenters. The number of aryl methyl sites for hydroxylation is 1. The molecule has 0 aliphatic carbocycles. The van der Waals surface area contributed by atoms with E-state index in [2.05, 4.69) is 0 Å². The molecule has 0 aliphatic heterocycles. The Morgan fingerprint density at radius 3 is 2.65 bits per heavy atom. The molecule has 0 fully saturated rings. The molecule has 128 valence electrons. The van der Waals surface area contributed by atoms with Crippen LogP contribution in [0.4, 0.5) is 0 Å². The largest absolute Gasteiger partial charge is 0.503 e. The summed E-state index contributed by atoms with van der Waals surface area (Å²) in [5.74, 6) is -1.19. The first kappa shape index (κ1) is 18.9. The van der Waals surface area contributed by atoms with Crippen LogP contribution in [0.5, 0.6) is 5.75 Å². The summed E-state index contributed by atoms with van der Waals surface area (Å²) < 4.78 is 6.86. The number of hydrogen-bond donors (Lipinski definition) is 2. The molecule has 0 aliphatic rings. The van der Waals surface area contributed by atoms with E-state index in [-0.39, 0.29) is 37.5 Å². The normalized spacial score (nSPS) is 10.6. The fourth-order valence-corrected chi connectivity index (χ4v) is 2.16. The number of aromatic hydroxyl groups is 1. The van der Waals surface area contributed by atoms with Gasteiger partial charge in [0.15, 0.2) is 5.75 Å². The molecule has 0 saturated carbocycles. The van der Waals surface area contributed by atoms with Crippen LogP contribution in [-0.4, -0.2) is 28.0 Å². The maximum atomic E-state index is 11.7. The lowest BCUT2D eigenvalue weighted by atomic mass is 10.2. The lowest BCUT2D eigenvalue weighted by molar-refractivity contribution is -0.146. The van der Waals surface area contributed by atoms with Crippen LogP contribution in [0.3, 0.4) is 0 Å². The van der Waals surface area contributed by atoms with Gasteiger partial charge in [-0.2, -0.15) is 0 Å². The highest BCUT2D eigenvalue weighted by atomic mass is 16.5. The summed E-state index contributed by atoms with van der Waals surface area (Å²) in [6.07, 6.45) is 1.78. The summed E-state index contributed by atoms with van der Waals surface area (Å²) in [6, 6.07) is 1.36. The second-order valence-electron chi connectivity index (χ2n) is 5.35. The van der Waals surface area contributed by atoms with Crippen molar-refractivity contribution in [3.8, 4) is 5.75 Å². The summed E-state index contributed by atoms with van der Waals surface area (Å²) in [6.45, 7) is 4.10. The molecule has 7 nitrogen and oxygen atoms in total. The Morgan fingerprint density at radius 1 is 1.35 bits per heavy atom. The van der Waals surface area contributed by atoms with Gasteiger partial charge in [-0.25, -0.2) is 0 Å². The van der Waals surface area contributed by atoms with Gasteiger partial charge in [0, 0.05) is 24.7 Å². The van der Waals surface area contributed by atoms with Crippen molar-refractivity contribution in [2.24, 2.45) is 5.73 Å². The van der Waals surface area contributed by atoms with Gasteiger partial charge in [0.1, 0.15) is 18.1 Å². The fourth-order valence-electron chi connectivity index (χ4n) is 2.16. The number of pyridine rings is 1. The minimum atomic E-state index is -0.567. The third-order valence-corrected chi connectivity index (χ3v) is 3.54. The van der Waals surface area contributed by atoms with Gasteiger partial charge >= 0.3 is 5.97 Å². The zero-order valence-electron chi connectivity index (χ0n) is 13.6. The zero-order chi connectivity index (χ0) is 17.4. The third kappa shape index (κ3) is 5.52. The van der Waals surface area contributed by atoms with E-state index in [1.165, 1.54) is 6.07 Å². The minimum absolute atomic E-state index is 0.0256. The van der Waals surface area contributed by atoms with Crippen LogP contribution in [0.1, 0.15) is 44.0 Å². The summed E-state index contributed by atoms with van der Waals surface area (Å²) in [4.78, 5) is 34.5. The van der Waals surface area contributed by atoms with Gasteiger partial charge < -0.3 is 20.1 Å². The Morgan fingerprint density at radius 2 is 2.04 bits per heavy atom. The highest BCUT2D eigenvalue weighted by molar-refractivity contribution is 5.84. The van der Waals surface area contributed by atoms with Gasteiger partial charge in [0.2, 0.25) is 5.43 Å². The van der Waals surface area contributed by atoms with Crippen LogP contribution < -0.4 is 11.2 Å². The summed E-state index contributed by atoms with van der Waals surface area (Å²) in [5, 5.41) is 9.98. The van der Waals surface area contributed by atoms with Gasteiger partial charge in [-0.3, -0.25) is 14.4 Å². The highest BCUT2D eigenvalue weighted by Crippen LogP contribution is 2.17. The molecule has 1 aromatic heterocycles. The van der Waals surface area contributed by atoms with Crippen molar-refractivity contribution in [3.05, 3.63) is 27.7 Å². The Balaban J connectivity index is 2.83. The number of ether oxygens (including phenoxy) is 1. The first-order valence-corrected chi connectivity index (χ1v) is 7.70. The average molecular weight is 324 g/mol. The van der Waals surface area contributed by atoms with Crippen LogP contribution >= 0.6 is 0 Å². The molecule has 0 saturated heterocycles. The molecule has 0 bridgehead atoms. The number of Topliss-reactive ketones (excluding diaryl/α,β-unsaturated/α-hetero) is 1. The SMILES string of the molecule is CCCCn1c(C)cc(=O)c(O)c1COC(=O)CCC(=O)CN. The molecular formula is C16H24N2O5. The molecule has 7 heteroatoms. The molecule has 23 heavy (non-hydrogen) atoms. The Kier molecular flexibility index (Phi) is 7.47. The smallest absolute Gasteiger partial charge is 0.306 e. The van der Waals surface area contributed by atoms with Crippen LogP contribution in [0, 0.1) is 6.92 Å². The highest BCUT2D eigenvalue weighted by Gasteiger charge is 2.15. The van der Waals surface area contributed by atoms with Crippen molar-refractivity contribution in [3.63, 3.8) is 0 Å². The van der Waals surface area contributed by atoms with Gasteiger partial charge in [0.05, 0.1) is 13.0 Å². The third-order valence-electron chi connectivity index (χ3n) is 3.54.